The van der Waals surface area contributed by atoms with E-state index in [9.17, 15) is 9.90 Å². The number of nitrogens with two attached hydrogens (primary N) is 1. The molecule has 0 aliphatic carbocycles. The zero-order chi connectivity index (χ0) is 14.8. The van der Waals surface area contributed by atoms with E-state index < -0.39 is 5.91 Å². The molecule has 5 nitrogen and oxygen atoms in total. The van der Waals surface area contributed by atoms with Gasteiger partial charge in [0.25, 0.3) is 5.91 Å². The summed E-state index contributed by atoms with van der Waals surface area (Å²) in [6.45, 7) is 2.81. The molecule has 112 valence electrons. The fraction of sp³-hybridized carbons (Fsp3) is 0.533. The molecule has 0 heterocycles. The smallest absolute Gasteiger partial charge is 0.269 e. The number of hydrazine groups is 1. The minimum absolute atomic E-state index is 0.111. The molecule has 1 rings (SSSR count). The molecule has 0 atom stereocenters. The lowest BCUT2D eigenvalue weighted by Gasteiger charge is -2.09. The van der Waals surface area contributed by atoms with Crippen molar-refractivity contribution >= 4 is 5.91 Å². The summed E-state index contributed by atoms with van der Waals surface area (Å²) in [6.07, 6.45) is 7.17. The van der Waals surface area contributed by atoms with Gasteiger partial charge in [-0.15, -0.1) is 0 Å². The topological polar surface area (TPSA) is 84.6 Å². The Balaban J connectivity index is 2.35. The van der Waals surface area contributed by atoms with Gasteiger partial charge in [-0.25, -0.2) is 5.84 Å². The standard InChI is InChI=1S/C15H24N2O3/c1-2-3-4-5-6-7-10-20-12-8-9-14(18)13(11-12)15(19)17-16/h8-9,11,18H,2-7,10,16H2,1H3,(H,17,19). The number of hydrogen-bond acceptors (Lipinski definition) is 4. The molecule has 5 heteroatoms. The molecule has 0 unspecified atom stereocenters. The van der Waals surface area contributed by atoms with Crippen LogP contribution in [0.15, 0.2) is 18.2 Å². The number of aromatic hydroxyl groups is 1. The van der Waals surface area contributed by atoms with Crippen molar-refractivity contribution in [2.75, 3.05) is 6.61 Å². The van der Waals surface area contributed by atoms with Crippen LogP contribution in [-0.4, -0.2) is 17.6 Å². The van der Waals surface area contributed by atoms with E-state index in [1.807, 2.05) is 5.43 Å². The monoisotopic (exact) mass is 280 g/mol. The average molecular weight is 280 g/mol. The van der Waals surface area contributed by atoms with E-state index in [-0.39, 0.29) is 11.3 Å². The molecule has 1 aromatic rings. The minimum Gasteiger partial charge on any atom is -0.507 e. The second-order valence-corrected chi connectivity index (χ2v) is 4.77. The third kappa shape index (κ3) is 5.48. The quantitative estimate of drug-likeness (QED) is 0.281. The summed E-state index contributed by atoms with van der Waals surface area (Å²) in [4.78, 5) is 11.4. The lowest BCUT2D eigenvalue weighted by molar-refractivity contribution is 0.0950. The normalized spacial score (nSPS) is 10.3. The van der Waals surface area contributed by atoms with Gasteiger partial charge in [0.05, 0.1) is 12.2 Å². The Morgan fingerprint density at radius 2 is 1.95 bits per heavy atom. The van der Waals surface area contributed by atoms with Gasteiger partial charge in [-0.1, -0.05) is 39.0 Å². The Morgan fingerprint density at radius 3 is 2.65 bits per heavy atom. The Bertz CT molecular complexity index is 422. The Kier molecular flexibility index (Phi) is 7.50. The maximum absolute atomic E-state index is 11.4. The number of carbonyl (C=O) groups is 1. The van der Waals surface area contributed by atoms with Gasteiger partial charge in [0.2, 0.25) is 0 Å². The highest BCUT2D eigenvalue weighted by atomic mass is 16.5. The van der Waals surface area contributed by atoms with Crippen LogP contribution >= 0.6 is 0 Å². The van der Waals surface area contributed by atoms with E-state index in [0.29, 0.717) is 12.4 Å². The summed E-state index contributed by atoms with van der Waals surface area (Å²) in [5, 5.41) is 9.56. The van der Waals surface area contributed by atoms with Gasteiger partial charge < -0.3 is 9.84 Å². The molecule has 0 saturated carbocycles. The number of unbranched alkanes of at least 4 members (excludes halogenated alkanes) is 5. The van der Waals surface area contributed by atoms with Crippen LogP contribution in [0.4, 0.5) is 0 Å². The molecule has 0 bridgehead atoms. The highest BCUT2D eigenvalue weighted by Gasteiger charge is 2.10. The van der Waals surface area contributed by atoms with Gasteiger partial charge in [-0.3, -0.25) is 10.2 Å². The summed E-state index contributed by atoms with van der Waals surface area (Å²) in [5.74, 6) is 4.97. The molecule has 0 fully saturated rings. The Hall–Kier alpha value is -1.75. The number of nitrogens with one attached hydrogen (secondary N) is 1. The van der Waals surface area contributed by atoms with Crippen molar-refractivity contribution in [2.24, 2.45) is 5.84 Å². The first-order chi connectivity index (χ1) is 9.69. The summed E-state index contributed by atoms with van der Waals surface area (Å²) in [7, 11) is 0. The third-order valence-electron chi connectivity index (χ3n) is 3.11. The largest absolute Gasteiger partial charge is 0.507 e. The number of amides is 1. The van der Waals surface area contributed by atoms with Gasteiger partial charge >= 0.3 is 0 Å². The number of benzene rings is 1. The number of phenolic OH excluding ortho intramolecular Hbond substituents is 1. The number of phenols is 1. The zero-order valence-corrected chi connectivity index (χ0v) is 12.0. The van der Waals surface area contributed by atoms with Crippen LogP contribution in [0.25, 0.3) is 0 Å². The maximum Gasteiger partial charge on any atom is 0.269 e. The van der Waals surface area contributed by atoms with Crippen molar-refractivity contribution in [1.29, 1.82) is 0 Å². The first kappa shape index (κ1) is 16.3. The number of carbonyl (C=O) groups excluding carboxylic acids is 1. The van der Waals surface area contributed by atoms with E-state index in [2.05, 4.69) is 6.92 Å². The van der Waals surface area contributed by atoms with E-state index >= 15 is 0 Å². The fourth-order valence-electron chi connectivity index (χ4n) is 1.94. The third-order valence-corrected chi connectivity index (χ3v) is 3.11. The summed E-state index contributed by atoms with van der Waals surface area (Å²) in [5.41, 5.74) is 2.11. The van der Waals surface area contributed by atoms with Crippen LogP contribution in [0.3, 0.4) is 0 Å². The van der Waals surface area contributed by atoms with Gasteiger partial charge in [-0.05, 0) is 24.6 Å². The number of rotatable bonds is 9. The minimum atomic E-state index is -0.535. The Morgan fingerprint density at radius 1 is 1.25 bits per heavy atom. The van der Waals surface area contributed by atoms with Gasteiger partial charge in [0.15, 0.2) is 0 Å². The summed E-state index contributed by atoms with van der Waals surface area (Å²) in [6, 6.07) is 4.56. The highest BCUT2D eigenvalue weighted by molar-refractivity contribution is 5.96. The molecule has 1 aromatic carbocycles. The highest BCUT2D eigenvalue weighted by Crippen LogP contribution is 2.23. The molecule has 0 aliphatic heterocycles. The molecular formula is C15H24N2O3. The van der Waals surface area contributed by atoms with Crippen molar-refractivity contribution in [2.45, 2.75) is 45.4 Å². The van der Waals surface area contributed by atoms with Gasteiger partial charge in [0, 0.05) is 0 Å². The van der Waals surface area contributed by atoms with Crippen LogP contribution < -0.4 is 16.0 Å². The van der Waals surface area contributed by atoms with E-state index in [4.69, 9.17) is 10.6 Å². The van der Waals surface area contributed by atoms with Crippen LogP contribution in [-0.2, 0) is 0 Å². The molecule has 0 aliphatic rings. The van der Waals surface area contributed by atoms with Gasteiger partial charge in [-0.2, -0.15) is 0 Å². The predicted molar refractivity (Wildman–Crippen MR) is 78.6 cm³/mol. The van der Waals surface area contributed by atoms with E-state index in [1.54, 1.807) is 6.07 Å². The molecule has 0 aromatic heterocycles. The van der Waals surface area contributed by atoms with Crippen molar-refractivity contribution in [3.05, 3.63) is 23.8 Å². The fourth-order valence-corrected chi connectivity index (χ4v) is 1.94. The molecule has 0 spiro atoms. The molecule has 1 amide bonds. The molecule has 20 heavy (non-hydrogen) atoms. The van der Waals surface area contributed by atoms with Crippen molar-refractivity contribution < 1.29 is 14.6 Å². The molecule has 0 saturated heterocycles. The predicted octanol–water partition coefficient (Wildman–Crippen LogP) is 2.74. The maximum atomic E-state index is 11.4. The number of nitrogen functional groups attached to an aromatic ring is 1. The lowest BCUT2D eigenvalue weighted by atomic mass is 10.1. The van der Waals surface area contributed by atoms with Crippen LogP contribution in [0.5, 0.6) is 11.5 Å². The van der Waals surface area contributed by atoms with Crippen LogP contribution in [0.2, 0.25) is 0 Å². The second kappa shape index (κ2) is 9.20. The number of ether oxygens (including phenoxy) is 1. The summed E-state index contributed by atoms with van der Waals surface area (Å²) >= 11 is 0. The van der Waals surface area contributed by atoms with Crippen molar-refractivity contribution in [3.63, 3.8) is 0 Å². The van der Waals surface area contributed by atoms with E-state index in [1.165, 1.54) is 37.8 Å². The average Bonchev–Trinajstić information content (AvgIpc) is 2.47. The SMILES string of the molecule is CCCCCCCCOc1ccc(O)c(C(=O)NN)c1. The van der Waals surface area contributed by atoms with Crippen molar-refractivity contribution in [3.8, 4) is 11.5 Å². The first-order valence-corrected chi connectivity index (χ1v) is 7.15. The lowest BCUT2D eigenvalue weighted by Crippen LogP contribution is -2.30. The molecular weight excluding hydrogens is 256 g/mol. The van der Waals surface area contributed by atoms with E-state index in [0.717, 1.165) is 12.8 Å². The van der Waals surface area contributed by atoms with Crippen molar-refractivity contribution in [1.82, 2.24) is 5.43 Å². The Labute approximate surface area is 120 Å². The summed E-state index contributed by atoms with van der Waals surface area (Å²) < 4.78 is 5.57. The molecule has 4 N–H and O–H groups in total. The first-order valence-electron chi connectivity index (χ1n) is 7.15. The zero-order valence-electron chi connectivity index (χ0n) is 12.0. The molecule has 0 radical (unpaired) electrons. The van der Waals surface area contributed by atoms with Crippen LogP contribution in [0.1, 0.15) is 55.8 Å². The number of hydrogen-bond donors (Lipinski definition) is 3. The van der Waals surface area contributed by atoms with Crippen LogP contribution in [0, 0.1) is 0 Å². The second-order valence-electron chi connectivity index (χ2n) is 4.77. The van der Waals surface area contributed by atoms with Gasteiger partial charge in [0.1, 0.15) is 11.5 Å².